The second-order valence-corrected chi connectivity index (χ2v) is 3.57. The Labute approximate surface area is 104 Å². The van der Waals surface area contributed by atoms with Crippen LogP contribution in [0.5, 0.6) is 0 Å². The molecule has 18 heavy (non-hydrogen) atoms. The van der Waals surface area contributed by atoms with E-state index in [1.54, 1.807) is 6.92 Å². The van der Waals surface area contributed by atoms with Crippen LogP contribution in [0.1, 0.15) is 18.9 Å². The van der Waals surface area contributed by atoms with Gasteiger partial charge >= 0.3 is 5.97 Å². The van der Waals surface area contributed by atoms with Crippen LogP contribution in [0.2, 0.25) is 0 Å². The van der Waals surface area contributed by atoms with Crippen LogP contribution in [0.3, 0.4) is 0 Å². The Bertz CT molecular complexity index is 518. The minimum Gasteiger partial charge on any atom is -0.478 e. The predicted molar refractivity (Wildman–Crippen MR) is 65.6 cm³/mol. The lowest BCUT2D eigenvalue weighted by atomic mass is 10.1. The van der Waals surface area contributed by atoms with Crippen molar-refractivity contribution < 1.29 is 14.3 Å². The minimum absolute atomic E-state index is 0.191. The second kappa shape index (κ2) is 6.40. The molecule has 4 nitrogen and oxygen atoms in total. The highest BCUT2D eigenvalue weighted by molar-refractivity contribution is 5.86. The van der Waals surface area contributed by atoms with Crippen molar-refractivity contribution in [2.75, 3.05) is 11.9 Å². The van der Waals surface area contributed by atoms with Crippen LogP contribution in [0, 0.1) is 17.1 Å². The highest BCUT2D eigenvalue weighted by Gasteiger charge is 2.05. The molecular weight excluding hydrogens is 235 g/mol. The molecule has 1 rings (SSSR count). The van der Waals surface area contributed by atoms with Gasteiger partial charge < -0.3 is 10.4 Å². The highest BCUT2D eigenvalue weighted by atomic mass is 19.1. The van der Waals surface area contributed by atoms with E-state index in [0.29, 0.717) is 17.7 Å². The maximum absolute atomic E-state index is 12.9. The maximum atomic E-state index is 12.9. The van der Waals surface area contributed by atoms with Gasteiger partial charge in [0, 0.05) is 12.1 Å². The van der Waals surface area contributed by atoms with Gasteiger partial charge in [-0.1, -0.05) is 13.0 Å². The summed E-state index contributed by atoms with van der Waals surface area (Å²) in [5, 5.41) is 20.5. The average Bonchev–Trinajstić information content (AvgIpc) is 2.35. The number of anilines is 1. The summed E-state index contributed by atoms with van der Waals surface area (Å²) in [4.78, 5) is 10.7. The Morgan fingerprint density at radius 2 is 2.33 bits per heavy atom. The summed E-state index contributed by atoms with van der Waals surface area (Å²) in [5.41, 5.74) is 0.968. The number of nitrogens with one attached hydrogen (secondary N) is 1. The monoisotopic (exact) mass is 248 g/mol. The van der Waals surface area contributed by atoms with E-state index in [0.717, 1.165) is 6.07 Å². The Hall–Kier alpha value is -2.35. The van der Waals surface area contributed by atoms with Gasteiger partial charge in [0.15, 0.2) is 0 Å². The Balaban J connectivity index is 2.76. The van der Waals surface area contributed by atoms with Gasteiger partial charge in [-0.05, 0) is 24.6 Å². The van der Waals surface area contributed by atoms with Crippen LogP contribution >= 0.6 is 0 Å². The number of carboxylic acid groups (broad SMARTS) is 1. The fourth-order valence-corrected chi connectivity index (χ4v) is 1.43. The number of halogens is 1. The molecule has 0 saturated carbocycles. The van der Waals surface area contributed by atoms with Crippen LogP contribution in [-0.2, 0) is 4.79 Å². The quantitative estimate of drug-likeness (QED) is 0.785. The number of aliphatic carboxylic acids is 1. The van der Waals surface area contributed by atoms with Crippen molar-refractivity contribution in [2.24, 2.45) is 0 Å². The first-order valence-corrected chi connectivity index (χ1v) is 5.44. The molecule has 0 atom stereocenters. The molecular formula is C13H13FN2O2. The van der Waals surface area contributed by atoms with E-state index in [1.807, 2.05) is 6.07 Å². The summed E-state index contributed by atoms with van der Waals surface area (Å²) in [5.74, 6) is -1.44. The summed E-state index contributed by atoms with van der Waals surface area (Å²) in [7, 11) is 0. The molecule has 0 aliphatic heterocycles. The number of carbonyl (C=O) groups is 1. The number of benzene rings is 1. The molecule has 2 N–H and O–H groups in total. The Morgan fingerprint density at radius 3 is 2.89 bits per heavy atom. The first-order valence-electron chi connectivity index (χ1n) is 5.44. The van der Waals surface area contributed by atoms with Gasteiger partial charge in [-0.2, -0.15) is 5.26 Å². The fraction of sp³-hybridized carbons (Fsp3) is 0.231. The first-order chi connectivity index (χ1) is 8.58. The number of carboxylic acids is 1. The van der Waals surface area contributed by atoms with Crippen LogP contribution in [0.4, 0.5) is 10.1 Å². The van der Waals surface area contributed by atoms with Crippen LogP contribution < -0.4 is 5.32 Å². The number of rotatable bonds is 5. The molecule has 0 aliphatic rings. The van der Waals surface area contributed by atoms with Crippen LogP contribution in [0.25, 0.3) is 0 Å². The van der Waals surface area contributed by atoms with Crippen molar-refractivity contribution in [2.45, 2.75) is 13.3 Å². The molecule has 94 valence electrons. The third kappa shape index (κ3) is 3.59. The molecule has 0 radical (unpaired) electrons. The van der Waals surface area contributed by atoms with E-state index < -0.39 is 11.8 Å². The third-order valence-electron chi connectivity index (χ3n) is 2.40. The van der Waals surface area contributed by atoms with Crippen LogP contribution in [0.15, 0.2) is 29.8 Å². The largest absolute Gasteiger partial charge is 0.478 e. The van der Waals surface area contributed by atoms with E-state index in [9.17, 15) is 9.18 Å². The Kier molecular flexibility index (Phi) is 4.88. The summed E-state index contributed by atoms with van der Waals surface area (Å²) in [6.07, 6.45) is 1.96. The molecule has 0 spiro atoms. The smallest absolute Gasteiger partial charge is 0.331 e. The van der Waals surface area contributed by atoms with E-state index in [4.69, 9.17) is 10.4 Å². The molecule has 5 heteroatoms. The van der Waals surface area contributed by atoms with Crippen LogP contribution in [-0.4, -0.2) is 17.6 Å². The molecule has 1 aromatic carbocycles. The molecule has 0 bridgehead atoms. The van der Waals surface area contributed by atoms with Crippen molar-refractivity contribution in [3.8, 4) is 6.07 Å². The van der Waals surface area contributed by atoms with E-state index in [1.165, 1.54) is 18.2 Å². The maximum Gasteiger partial charge on any atom is 0.331 e. The molecule has 0 unspecified atom stereocenters. The fourth-order valence-electron chi connectivity index (χ4n) is 1.43. The molecule has 0 aromatic heterocycles. The number of nitriles is 1. The minimum atomic E-state index is -0.959. The van der Waals surface area contributed by atoms with Gasteiger partial charge in [0.2, 0.25) is 0 Å². The van der Waals surface area contributed by atoms with Gasteiger partial charge in [0.05, 0.1) is 11.3 Å². The van der Waals surface area contributed by atoms with Gasteiger partial charge in [0.25, 0.3) is 0 Å². The van der Waals surface area contributed by atoms with Gasteiger partial charge in [-0.15, -0.1) is 0 Å². The topological polar surface area (TPSA) is 73.1 Å². The van der Waals surface area contributed by atoms with Crippen molar-refractivity contribution in [1.29, 1.82) is 5.26 Å². The molecule has 0 fully saturated rings. The molecule has 0 heterocycles. The number of hydrogen-bond donors (Lipinski definition) is 2. The lowest BCUT2D eigenvalue weighted by molar-refractivity contribution is -0.132. The highest BCUT2D eigenvalue weighted by Crippen LogP contribution is 2.15. The summed E-state index contributed by atoms with van der Waals surface area (Å²) < 4.78 is 12.9. The van der Waals surface area contributed by atoms with Gasteiger partial charge in [-0.3, -0.25) is 0 Å². The summed E-state index contributed by atoms with van der Waals surface area (Å²) in [6.45, 7) is 2.02. The summed E-state index contributed by atoms with van der Waals surface area (Å²) in [6, 6.07) is 5.69. The van der Waals surface area contributed by atoms with E-state index >= 15 is 0 Å². The SMILES string of the molecule is CC/C(=C/CNc1ccc(F)cc1C#N)C(=O)O. The Morgan fingerprint density at radius 1 is 1.61 bits per heavy atom. The van der Waals surface area contributed by atoms with Gasteiger partial charge in [-0.25, -0.2) is 9.18 Å². The molecule has 0 amide bonds. The van der Waals surface area contributed by atoms with Crippen molar-refractivity contribution in [1.82, 2.24) is 0 Å². The second-order valence-electron chi connectivity index (χ2n) is 3.57. The lowest BCUT2D eigenvalue weighted by Gasteiger charge is -2.06. The lowest BCUT2D eigenvalue weighted by Crippen LogP contribution is -2.05. The molecule has 0 aliphatic carbocycles. The molecule has 0 saturated heterocycles. The van der Waals surface area contributed by atoms with Crippen molar-refractivity contribution >= 4 is 11.7 Å². The zero-order valence-corrected chi connectivity index (χ0v) is 9.90. The van der Waals surface area contributed by atoms with Gasteiger partial charge in [0.1, 0.15) is 11.9 Å². The molecule has 1 aromatic rings. The zero-order chi connectivity index (χ0) is 13.5. The standard InChI is InChI=1S/C13H13FN2O2/c1-2-9(13(17)18)5-6-16-12-4-3-11(14)7-10(12)8-15/h3-5,7,16H,2,6H2,1H3,(H,17,18)/b9-5-. The zero-order valence-electron chi connectivity index (χ0n) is 9.90. The normalized spacial score (nSPS) is 10.8. The van der Waals surface area contributed by atoms with Crippen molar-refractivity contribution in [3.05, 3.63) is 41.2 Å². The third-order valence-corrected chi connectivity index (χ3v) is 2.40. The van der Waals surface area contributed by atoms with E-state index in [2.05, 4.69) is 5.32 Å². The van der Waals surface area contributed by atoms with Crippen molar-refractivity contribution in [3.63, 3.8) is 0 Å². The average molecular weight is 248 g/mol. The number of nitrogens with zero attached hydrogens (tertiary/aromatic N) is 1. The predicted octanol–water partition coefficient (Wildman–Crippen LogP) is 2.53. The summed E-state index contributed by atoms with van der Waals surface area (Å²) >= 11 is 0. The van der Waals surface area contributed by atoms with E-state index in [-0.39, 0.29) is 12.1 Å². The first kappa shape index (κ1) is 13.7. The number of hydrogen-bond acceptors (Lipinski definition) is 3.